The third-order valence-electron chi connectivity index (χ3n) is 3.30. The topological polar surface area (TPSA) is 26.0 Å². The van der Waals surface area contributed by atoms with Gasteiger partial charge in [0.1, 0.15) is 0 Å². The second-order valence-electron chi connectivity index (χ2n) is 3.89. The van der Waals surface area contributed by atoms with Crippen LogP contribution < -0.4 is 5.73 Å². The molecule has 1 fully saturated rings. The molecule has 1 aliphatic rings. The summed E-state index contributed by atoms with van der Waals surface area (Å²) in [6.07, 6.45) is 8.86. The van der Waals surface area contributed by atoms with Gasteiger partial charge in [-0.15, -0.1) is 0 Å². The molecule has 0 heterocycles. The van der Waals surface area contributed by atoms with E-state index in [1.165, 1.54) is 32.1 Å². The van der Waals surface area contributed by atoms with Gasteiger partial charge in [-0.3, -0.25) is 0 Å². The SMILES string of the molecule is CCC1(C(C)N)C[CH]CCC1. The quantitative estimate of drug-likeness (QED) is 0.649. The molecule has 1 saturated carbocycles. The molecule has 1 heteroatoms. The van der Waals surface area contributed by atoms with E-state index in [1.807, 2.05) is 0 Å². The van der Waals surface area contributed by atoms with Gasteiger partial charge >= 0.3 is 0 Å². The second kappa shape index (κ2) is 3.57. The molecule has 65 valence electrons. The van der Waals surface area contributed by atoms with Gasteiger partial charge in [-0.1, -0.05) is 19.8 Å². The molecule has 0 saturated heterocycles. The van der Waals surface area contributed by atoms with Crippen molar-refractivity contribution in [2.45, 2.75) is 52.0 Å². The van der Waals surface area contributed by atoms with E-state index in [2.05, 4.69) is 20.3 Å². The fourth-order valence-electron chi connectivity index (χ4n) is 2.15. The number of hydrogen-bond donors (Lipinski definition) is 1. The van der Waals surface area contributed by atoms with Gasteiger partial charge in [0.2, 0.25) is 0 Å². The van der Waals surface area contributed by atoms with E-state index in [1.54, 1.807) is 0 Å². The van der Waals surface area contributed by atoms with Crippen molar-refractivity contribution >= 4 is 0 Å². The molecular weight excluding hydrogens is 134 g/mol. The van der Waals surface area contributed by atoms with Crippen molar-refractivity contribution in [2.75, 3.05) is 0 Å². The summed E-state index contributed by atoms with van der Waals surface area (Å²) in [6, 6.07) is 0.365. The Kier molecular flexibility index (Phi) is 2.94. The van der Waals surface area contributed by atoms with Crippen LogP contribution in [0.4, 0.5) is 0 Å². The maximum atomic E-state index is 5.99. The average Bonchev–Trinajstić information content (AvgIpc) is 2.05. The second-order valence-corrected chi connectivity index (χ2v) is 3.89. The highest BCUT2D eigenvalue weighted by Crippen LogP contribution is 2.40. The lowest BCUT2D eigenvalue weighted by atomic mass is 9.68. The monoisotopic (exact) mass is 154 g/mol. The Balaban J connectivity index is 2.57. The lowest BCUT2D eigenvalue weighted by molar-refractivity contribution is 0.173. The van der Waals surface area contributed by atoms with E-state index in [4.69, 9.17) is 5.73 Å². The highest BCUT2D eigenvalue weighted by atomic mass is 14.7. The standard InChI is InChI=1S/C10H20N/c1-3-10(9(2)11)7-5-4-6-8-10/h5,9H,3-4,6-8,11H2,1-2H3. The van der Waals surface area contributed by atoms with Crippen molar-refractivity contribution in [3.05, 3.63) is 6.42 Å². The van der Waals surface area contributed by atoms with Gasteiger partial charge in [0.15, 0.2) is 0 Å². The van der Waals surface area contributed by atoms with Crippen LogP contribution in [-0.4, -0.2) is 6.04 Å². The molecule has 2 N–H and O–H groups in total. The molecule has 0 aromatic carbocycles. The van der Waals surface area contributed by atoms with Crippen LogP contribution in [0.2, 0.25) is 0 Å². The average molecular weight is 154 g/mol. The van der Waals surface area contributed by atoms with Crippen molar-refractivity contribution in [3.8, 4) is 0 Å². The summed E-state index contributed by atoms with van der Waals surface area (Å²) >= 11 is 0. The molecule has 1 aliphatic carbocycles. The first kappa shape index (κ1) is 9.05. The van der Waals surface area contributed by atoms with Crippen molar-refractivity contribution in [3.63, 3.8) is 0 Å². The van der Waals surface area contributed by atoms with Crippen molar-refractivity contribution < 1.29 is 0 Å². The van der Waals surface area contributed by atoms with Crippen LogP contribution in [0.1, 0.15) is 46.0 Å². The summed E-state index contributed by atoms with van der Waals surface area (Å²) in [6.45, 7) is 4.42. The lowest BCUT2D eigenvalue weighted by Crippen LogP contribution is -2.40. The predicted octanol–water partition coefficient (Wildman–Crippen LogP) is 2.51. The first-order chi connectivity index (χ1) is 5.21. The Hall–Kier alpha value is -0.0400. The van der Waals surface area contributed by atoms with Crippen molar-refractivity contribution in [2.24, 2.45) is 11.1 Å². The molecule has 11 heavy (non-hydrogen) atoms. The van der Waals surface area contributed by atoms with Gasteiger partial charge in [-0.05, 0) is 38.0 Å². The van der Waals surface area contributed by atoms with Gasteiger partial charge in [-0.25, -0.2) is 0 Å². The molecule has 0 aliphatic heterocycles. The highest BCUT2D eigenvalue weighted by Gasteiger charge is 2.33. The minimum absolute atomic E-state index is 0.365. The minimum atomic E-state index is 0.365. The molecule has 2 unspecified atom stereocenters. The van der Waals surface area contributed by atoms with E-state index >= 15 is 0 Å². The first-order valence-corrected chi connectivity index (χ1v) is 4.78. The molecule has 0 amide bonds. The van der Waals surface area contributed by atoms with Gasteiger partial charge in [0.05, 0.1) is 0 Å². The number of hydrogen-bond acceptors (Lipinski definition) is 1. The molecule has 0 aromatic rings. The summed E-state index contributed by atoms with van der Waals surface area (Å²) < 4.78 is 0. The Morgan fingerprint density at radius 1 is 1.64 bits per heavy atom. The number of nitrogens with two attached hydrogens (primary N) is 1. The lowest BCUT2D eigenvalue weighted by Gasteiger charge is -2.39. The molecule has 0 aromatic heterocycles. The molecule has 0 spiro atoms. The van der Waals surface area contributed by atoms with Crippen LogP contribution in [-0.2, 0) is 0 Å². The fourth-order valence-corrected chi connectivity index (χ4v) is 2.15. The maximum absolute atomic E-state index is 5.99. The van der Waals surface area contributed by atoms with E-state index in [-0.39, 0.29) is 0 Å². The third-order valence-corrected chi connectivity index (χ3v) is 3.30. The first-order valence-electron chi connectivity index (χ1n) is 4.78. The van der Waals surface area contributed by atoms with Gasteiger partial charge in [0, 0.05) is 6.04 Å². The smallest absolute Gasteiger partial charge is 0.00670 e. The van der Waals surface area contributed by atoms with E-state index in [0.29, 0.717) is 11.5 Å². The molecule has 0 bridgehead atoms. The molecular formula is C10H20N. The molecule has 2 atom stereocenters. The Morgan fingerprint density at radius 2 is 2.36 bits per heavy atom. The van der Waals surface area contributed by atoms with Crippen LogP contribution in [0.5, 0.6) is 0 Å². The normalized spacial score (nSPS) is 26.5. The number of rotatable bonds is 2. The molecule has 1 radical (unpaired) electrons. The maximum Gasteiger partial charge on any atom is 0.00670 e. The van der Waals surface area contributed by atoms with Crippen LogP contribution >= 0.6 is 0 Å². The van der Waals surface area contributed by atoms with Crippen LogP contribution in [0.25, 0.3) is 0 Å². The summed E-state index contributed by atoms with van der Waals surface area (Å²) in [5.74, 6) is 0. The fraction of sp³-hybridized carbons (Fsp3) is 0.900. The predicted molar refractivity (Wildman–Crippen MR) is 49.1 cm³/mol. The molecule has 1 nitrogen and oxygen atoms in total. The summed E-state index contributed by atoms with van der Waals surface area (Å²) in [4.78, 5) is 0. The van der Waals surface area contributed by atoms with Gasteiger partial charge < -0.3 is 5.73 Å². The highest BCUT2D eigenvalue weighted by molar-refractivity contribution is 4.93. The minimum Gasteiger partial charge on any atom is -0.327 e. The zero-order chi connectivity index (χ0) is 8.32. The van der Waals surface area contributed by atoms with E-state index in [9.17, 15) is 0 Å². The summed E-state index contributed by atoms with van der Waals surface area (Å²) in [5, 5.41) is 0. The van der Waals surface area contributed by atoms with Crippen LogP contribution in [0, 0.1) is 11.8 Å². The van der Waals surface area contributed by atoms with Crippen molar-refractivity contribution in [1.82, 2.24) is 0 Å². The Labute approximate surface area is 70.4 Å². The third kappa shape index (κ3) is 1.76. The zero-order valence-electron chi connectivity index (χ0n) is 7.77. The largest absolute Gasteiger partial charge is 0.327 e. The summed E-state index contributed by atoms with van der Waals surface area (Å²) in [7, 11) is 0. The summed E-state index contributed by atoms with van der Waals surface area (Å²) in [5.41, 5.74) is 6.44. The molecule has 1 rings (SSSR count). The van der Waals surface area contributed by atoms with Crippen molar-refractivity contribution in [1.29, 1.82) is 0 Å². The Morgan fingerprint density at radius 3 is 2.64 bits per heavy atom. The van der Waals surface area contributed by atoms with Crippen LogP contribution in [0.3, 0.4) is 0 Å². The van der Waals surface area contributed by atoms with Crippen LogP contribution in [0.15, 0.2) is 0 Å². The van der Waals surface area contributed by atoms with Gasteiger partial charge in [-0.2, -0.15) is 0 Å². The van der Waals surface area contributed by atoms with Gasteiger partial charge in [0.25, 0.3) is 0 Å². The van der Waals surface area contributed by atoms with E-state index < -0.39 is 0 Å². The van der Waals surface area contributed by atoms with E-state index in [0.717, 1.165) is 0 Å². The Bertz CT molecular complexity index is 112. The zero-order valence-corrected chi connectivity index (χ0v) is 7.77.